The smallest absolute Gasteiger partial charge is 0.241 e. The Hall–Kier alpha value is -1.98. The number of nitrogens with one attached hydrogen (secondary N) is 1. The lowest BCUT2D eigenvalue weighted by Gasteiger charge is -2.33. The van der Waals surface area contributed by atoms with E-state index in [4.69, 9.17) is 16.3 Å². The molecule has 1 aliphatic carbocycles. The maximum absolute atomic E-state index is 14.1. The highest BCUT2D eigenvalue weighted by Gasteiger charge is 2.34. The van der Waals surface area contributed by atoms with Crippen molar-refractivity contribution in [3.05, 3.63) is 22.5 Å². The van der Waals surface area contributed by atoms with Crippen molar-refractivity contribution in [2.24, 2.45) is 5.92 Å². The van der Waals surface area contributed by atoms with Crippen molar-refractivity contribution in [1.82, 2.24) is 14.6 Å². The molecule has 4 rings (SSSR count). The third-order valence-electron chi connectivity index (χ3n) is 5.86. The number of nitrogens with zero attached hydrogens (tertiary/aromatic N) is 4. The van der Waals surface area contributed by atoms with Crippen molar-refractivity contribution in [1.29, 1.82) is 5.26 Å². The van der Waals surface area contributed by atoms with E-state index < -0.39 is 18.9 Å². The van der Waals surface area contributed by atoms with E-state index in [1.54, 1.807) is 4.52 Å². The number of nitriles is 1. The Labute approximate surface area is 166 Å². The highest BCUT2D eigenvalue weighted by molar-refractivity contribution is 6.35. The largest absolute Gasteiger partial charge is 0.378 e. The number of alkyl halides is 2. The predicted molar refractivity (Wildman–Crippen MR) is 101 cm³/mol. The van der Waals surface area contributed by atoms with Gasteiger partial charge in [0.15, 0.2) is 0 Å². The molecule has 2 aromatic heterocycles. The van der Waals surface area contributed by atoms with Crippen molar-refractivity contribution >= 4 is 23.1 Å². The molecular weight excluding hydrogens is 388 g/mol. The minimum absolute atomic E-state index is 0.0410. The van der Waals surface area contributed by atoms with Crippen molar-refractivity contribution in [3.63, 3.8) is 0 Å². The van der Waals surface area contributed by atoms with E-state index in [1.165, 1.54) is 6.20 Å². The summed E-state index contributed by atoms with van der Waals surface area (Å²) in [7, 11) is 0. The zero-order chi connectivity index (χ0) is 19.7. The van der Waals surface area contributed by atoms with E-state index in [0.29, 0.717) is 42.1 Å². The minimum atomic E-state index is -1.15. The Morgan fingerprint density at radius 1 is 1.43 bits per heavy atom. The number of hydrogen-bond acceptors (Lipinski definition) is 5. The van der Waals surface area contributed by atoms with Crippen LogP contribution in [0.5, 0.6) is 0 Å². The van der Waals surface area contributed by atoms with Gasteiger partial charge in [-0.05, 0) is 31.6 Å². The van der Waals surface area contributed by atoms with Gasteiger partial charge in [-0.2, -0.15) is 5.26 Å². The molecule has 0 unspecified atom stereocenters. The molecule has 150 valence electrons. The Kier molecular flexibility index (Phi) is 5.65. The fourth-order valence-electron chi connectivity index (χ4n) is 4.13. The van der Waals surface area contributed by atoms with Gasteiger partial charge in [0.05, 0.1) is 41.8 Å². The molecule has 2 aromatic rings. The minimum Gasteiger partial charge on any atom is -0.378 e. The van der Waals surface area contributed by atoms with Crippen LogP contribution in [0, 0.1) is 17.2 Å². The van der Waals surface area contributed by atoms with E-state index in [1.807, 2.05) is 0 Å². The lowest BCUT2D eigenvalue weighted by atomic mass is 9.73. The summed E-state index contributed by atoms with van der Waals surface area (Å²) in [5.41, 5.74) is 1.47. The molecule has 0 radical (unpaired) electrons. The molecule has 1 saturated heterocycles. The third kappa shape index (κ3) is 3.42. The molecule has 1 saturated carbocycles. The van der Waals surface area contributed by atoms with Crippen molar-refractivity contribution < 1.29 is 13.5 Å². The van der Waals surface area contributed by atoms with Crippen LogP contribution in [-0.4, -0.2) is 46.7 Å². The average Bonchev–Trinajstić information content (AvgIpc) is 2.93. The van der Waals surface area contributed by atoms with Gasteiger partial charge in [-0.1, -0.05) is 18.0 Å². The van der Waals surface area contributed by atoms with Crippen LogP contribution in [0.15, 0.2) is 6.20 Å². The zero-order valence-electron chi connectivity index (χ0n) is 15.4. The zero-order valence-corrected chi connectivity index (χ0v) is 16.1. The molecule has 28 heavy (non-hydrogen) atoms. The fourth-order valence-corrected chi connectivity index (χ4v) is 4.40. The monoisotopic (exact) mass is 409 g/mol. The first-order valence-corrected chi connectivity index (χ1v) is 10.0. The van der Waals surface area contributed by atoms with Crippen molar-refractivity contribution in [2.45, 2.75) is 50.2 Å². The number of rotatable bonds is 6. The van der Waals surface area contributed by atoms with Crippen LogP contribution in [0.4, 0.5) is 14.7 Å². The summed E-state index contributed by atoms with van der Waals surface area (Å²) in [5.74, 6) is 0.439. The van der Waals surface area contributed by atoms with Gasteiger partial charge in [0.25, 0.3) is 0 Å². The van der Waals surface area contributed by atoms with Crippen molar-refractivity contribution in [2.75, 3.05) is 25.2 Å². The van der Waals surface area contributed by atoms with Crippen LogP contribution >= 0.6 is 11.6 Å². The first-order valence-electron chi connectivity index (χ1n) is 9.65. The van der Waals surface area contributed by atoms with E-state index >= 15 is 0 Å². The molecule has 1 aliphatic heterocycles. The molecule has 0 bridgehead atoms. The molecule has 6 nitrogen and oxygen atoms in total. The molecule has 0 amide bonds. The summed E-state index contributed by atoms with van der Waals surface area (Å²) < 4.78 is 34.1. The Morgan fingerprint density at radius 3 is 2.89 bits per heavy atom. The maximum Gasteiger partial charge on any atom is 0.241 e. The summed E-state index contributed by atoms with van der Waals surface area (Å²) in [4.78, 5) is 4.25. The van der Waals surface area contributed by atoms with E-state index in [9.17, 15) is 14.0 Å². The van der Waals surface area contributed by atoms with E-state index in [-0.39, 0.29) is 23.5 Å². The van der Waals surface area contributed by atoms with Gasteiger partial charge in [-0.25, -0.2) is 13.9 Å². The molecule has 9 heteroatoms. The molecule has 1 N–H and O–H groups in total. The number of anilines is 1. The normalized spacial score (nSPS) is 23.9. The highest BCUT2D eigenvalue weighted by atomic mass is 35.5. The van der Waals surface area contributed by atoms with Crippen LogP contribution in [0.3, 0.4) is 0 Å². The number of aromatic nitrogens is 3. The topological polar surface area (TPSA) is 75.2 Å². The van der Waals surface area contributed by atoms with Crippen LogP contribution < -0.4 is 5.32 Å². The fraction of sp³-hybridized carbons (Fsp3) is 0.632. The summed E-state index contributed by atoms with van der Waals surface area (Å²) in [5, 5.41) is 17.5. The van der Waals surface area contributed by atoms with Gasteiger partial charge in [0, 0.05) is 12.5 Å². The predicted octanol–water partition coefficient (Wildman–Crippen LogP) is 4.04. The molecular formula is C19H22ClF2N5O. The van der Waals surface area contributed by atoms with Crippen LogP contribution in [0.1, 0.15) is 49.3 Å². The van der Waals surface area contributed by atoms with E-state index in [0.717, 1.165) is 19.3 Å². The summed E-state index contributed by atoms with van der Waals surface area (Å²) in [6.07, 6.45) is 4.32. The molecule has 0 spiro atoms. The lowest BCUT2D eigenvalue weighted by Crippen LogP contribution is -2.39. The number of halogens is 3. The Balaban J connectivity index is 1.75. The second-order valence-electron chi connectivity index (χ2n) is 7.47. The van der Waals surface area contributed by atoms with Gasteiger partial charge in [0.1, 0.15) is 17.8 Å². The SMILES string of the molecule is N#Cc1c(Cl)c2cnc(N[C@@H]3CCOC[C@H]3F)nn2c1[C@H](CCF)C1CCC1. The Morgan fingerprint density at radius 2 is 2.25 bits per heavy atom. The van der Waals surface area contributed by atoms with Crippen LogP contribution in [0.2, 0.25) is 5.02 Å². The van der Waals surface area contributed by atoms with Gasteiger partial charge in [0.2, 0.25) is 5.95 Å². The first kappa shape index (κ1) is 19.3. The number of ether oxygens (including phenoxy) is 1. The molecule has 3 heterocycles. The summed E-state index contributed by atoms with van der Waals surface area (Å²) in [6, 6.07) is 1.72. The second-order valence-corrected chi connectivity index (χ2v) is 7.85. The first-order chi connectivity index (χ1) is 13.6. The van der Waals surface area contributed by atoms with Gasteiger partial charge in [-0.15, -0.1) is 5.10 Å². The summed E-state index contributed by atoms with van der Waals surface area (Å²) >= 11 is 6.43. The summed E-state index contributed by atoms with van der Waals surface area (Å²) in [6.45, 7) is 0.0395. The average molecular weight is 410 g/mol. The Bertz CT molecular complexity index is 895. The molecule has 3 atom stereocenters. The van der Waals surface area contributed by atoms with E-state index in [2.05, 4.69) is 21.5 Å². The second kappa shape index (κ2) is 8.18. The van der Waals surface area contributed by atoms with Crippen LogP contribution in [-0.2, 0) is 4.74 Å². The molecule has 2 aliphatic rings. The maximum atomic E-state index is 14.1. The molecule has 2 fully saturated rings. The third-order valence-corrected chi connectivity index (χ3v) is 6.25. The van der Waals surface area contributed by atoms with Gasteiger partial charge >= 0.3 is 0 Å². The quantitative estimate of drug-likeness (QED) is 0.779. The number of fused-ring (bicyclic) bond motifs is 1. The van der Waals surface area contributed by atoms with Crippen LogP contribution in [0.25, 0.3) is 5.52 Å². The van der Waals surface area contributed by atoms with Gasteiger partial charge < -0.3 is 10.1 Å². The van der Waals surface area contributed by atoms with Crippen molar-refractivity contribution in [3.8, 4) is 6.07 Å². The highest BCUT2D eigenvalue weighted by Crippen LogP contribution is 2.44. The number of hydrogen-bond donors (Lipinski definition) is 1. The lowest BCUT2D eigenvalue weighted by molar-refractivity contribution is 0.0284. The van der Waals surface area contributed by atoms with Gasteiger partial charge in [-0.3, -0.25) is 4.39 Å². The standard InChI is InChI=1S/C19H22ClF2N5O/c20-17-13(8-23)18(12(4-6-21)11-2-1-3-11)27-16(17)9-24-19(26-27)25-15-5-7-28-10-14(15)22/h9,11-12,14-15H,1-7,10H2,(H,25,26)/t12-,14-,15-/m1/s1. The molecule has 0 aromatic carbocycles.